The summed E-state index contributed by atoms with van der Waals surface area (Å²) in [4.78, 5) is 12.4. The van der Waals surface area contributed by atoms with E-state index >= 15 is 0 Å². The third-order valence-corrected chi connectivity index (χ3v) is 5.27. The van der Waals surface area contributed by atoms with E-state index in [0.29, 0.717) is 19.6 Å². The largest absolute Gasteiger partial charge is 0.497 e. The summed E-state index contributed by atoms with van der Waals surface area (Å²) in [5, 5.41) is 0.138. The summed E-state index contributed by atoms with van der Waals surface area (Å²) in [6, 6.07) is 7.70. The van der Waals surface area contributed by atoms with Crippen molar-refractivity contribution in [2.75, 3.05) is 20.3 Å². The number of benzene rings is 1. The first-order valence-corrected chi connectivity index (χ1v) is 12.8. The maximum Gasteiger partial charge on any atom is 0.192 e. The van der Waals surface area contributed by atoms with Crippen LogP contribution in [0.2, 0.25) is 19.6 Å². The van der Waals surface area contributed by atoms with E-state index in [1.54, 1.807) is 7.11 Å². The molecule has 0 saturated heterocycles. The minimum atomic E-state index is -1.55. The van der Waals surface area contributed by atoms with E-state index in [-0.39, 0.29) is 16.0 Å². The Morgan fingerprint density at radius 2 is 1.72 bits per heavy atom. The number of hydrogen-bond acceptors (Lipinski definition) is 5. The second-order valence-electron chi connectivity index (χ2n) is 7.88. The second kappa shape index (κ2) is 9.76. The third-order valence-electron chi connectivity index (χ3n) is 3.20. The third kappa shape index (κ3) is 10.0. The van der Waals surface area contributed by atoms with Crippen molar-refractivity contribution in [2.24, 2.45) is 0 Å². The first-order valence-electron chi connectivity index (χ1n) is 8.61. The summed E-state index contributed by atoms with van der Waals surface area (Å²) in [6.07, 6.45) is 0.0831. The van der Waals surface area contributed by atoms with Gasteiger partial charge in [0.1, 0.15) is 5.75 Å². The van der Waals surface area contributed by atoms with Gasteiger partial charge in [0.25, 0.3) is 0 Å². The normalized spacial score (nSPS) is 13.6. The molecule has 0 spiro atoms. The van der Waals surface area contributed by atoms with E-state index in [2.05, 4.69) is 19.6 Å². The highest BCUT2D eigenvalue weighted by Gasteiger charge is 2.22. The lowest BCUT2D eigenvalue weighted by atomic mass is 10.1. The van der Waals surface area contributed by atoms with Crippen LogP contribution in [0.1, 0.15) is 38.9 Å². The molecule has 142 valence electrons. The van der Waals surface area contributed by atoms with Gasteiger partial charge in [-0.05, 0) is 37.3 Å². The molecule has 0 aliphatic heterocycles. The number of methoxy groups -OCH3 is 1. The molecule has 0 aliphatic rings. The quantitative estimate of drug-likeness (QED) is 0.440. The van der Waals surface area contributed by atoms with Crippen LogP contribution in [0.25, 0.3) is 0 Å². The van der Waals surface area contributed by atoms with Crippen molar-refractivity contribution in [1.82, 2.24) is 0 Å². The van der Waals surface area contributed by atoms with E-state index in [1.807, 2.05) is 45.0 Å². The molecule has 0 radical (unpaired) electrons. The fraction of sp³-hybridized carbons (Fsp3) is 0.632. The molecule has 0 heterocycles. The van der Waals surface area contributed by atoms with Gasteiger partial charge in [-0.25, -0.2) is 0 Å². The summed E-state index contributed by atoms with van der Waals surface area (Å²) < 4.78 is 17.0. The number of carbonyl (C=O) groups is 1. The first kappa shape index (κ1) is 22.2. The summed E-state index contributed by atoms with van der Waals surface area (Å²) >= 11 is 1.36. The van der Waals surface area contributed by atoms with Gasteiger partial charge in [-0.15, -0.1) is 0 Å². The summed E-state index contributed by atoms with van der Waals surface area (Å²) in [5.74, 6) is 0.792. The van der Waals surface area contributed by atoms with Gasteiger partial charge in [0, 0.05) is 11.2 Å². The van der Waals surface area contributed by atoms with Crippen molar-refractivity contribution in [3.8, 4) is 5.75 Å². The van der Waals surface area contributed by atoms with Gasteiger partial charge in [-0.2, -0.15) is 0 Å². The number of ether oxygens (including phenoxy) is 2. The lowest BCUT2D eigenvalue weighted by molar-refractivity contribution is -0.114. The van der Waals surface area contributed by atoms with Gasteiger partial charge in [0.2, 0.25) is 0 Å². The zero-order valence-corrected chi connectivity index (χ0v) is 18.4. The van der Waals surface area contributed by atoms with Gasteiger partial charge < -0.3 is 13.9 Å². The summed E-state index contributed by atoms with van der Waals surface area (Å²) in [5.41, 5.74) is 0.983. The van der Waals surface area contributed by atoms with Crippen molar-refractivity contribution in [1.29, 1.82) is 0 Å². The monoisotopic (exact) mass is 384 g/mol. The molecule has 0 amide bonds. The van der Waals surface area contributed by atoms with Gasteiger partial charge in [0.15, 0.2) is 13.4 Å². The number of carbonyl (C=O) groups excluding carboxylic acids is 1. The molecule has 25 heavy (non-hydrogen) atoms. The molecule has 4 nitrogen and oxygen atoms in total. The predicted octanol–water partition coefficient (Wildman–Crippen LogP) is 5.05. The molecule has 0 aromatic heterocycles. The van der Waals surface area contributed by atoms with Crippen LogP contribution in [0.15, 0.2) is 24.3 Å². The van der Waals surface area contributed by atoms with Crippen LogP contribution >= 0.6 is 11.8 Å². The van der Waals surface area contributed by atoms with Crippen molar-refractivity contribution < 1.29 is 18.7 Å². The van der Waals surface area contributed by atoms with E-state index in [1.165, 1.54) is 11.8 Å². The molecule has 0 unspecified atom stereocenters. The Labute approximate surface area is 157 Å². The molecule has 1 rings (SSSR count). The van der Waals surface area contributed by atoms with E-state index in [4.69, 9.17) is 13.9 Å². The Bertz CT molecular complexity index is 532. The maximum atomic E-state index is 12.4. The van der Waals surface area contributed by atoms with Gasteiger partial charge in [-0.1, -0.05) is 44.7 Å². The van der Waals surface area contributed by atoms with Crippen molar-refractivity contribution in [3.63, 3.8) is 0 Å². The molecule has 0 saturated carbocycles. The number of thioether (sulfide) groups is 1. The minimum absolute atomic E-state index is 0.0948. The summed E-state index contributed by atoms with van der Waals surface area (Å²) in [6.45, 7) is 13.6. The van der Waals surface area contributed by atoms with E-state index in [0.717, 1.165) is 11.3 Å². The Morgan fingerprint density at radius 3 is 2.20 bits per heavy atom. The average Bonchev–Trinajstić information content (AvgIpc) is 2.47. The fourth-order valence-electron chi connectivity index (χ4n) is 2.16. The molecule has 0 fully saturated rings. The Morgan fingerprint density at radius 1 is 1.12 bits per heavy atom. The van der Waals surface area contributed by atoms with Crippen LogP contribution in [0, 0.1) is 0 Å². The van der Waals surface area contributed by atoms with Crippen LogP contribution in [0.3, 0.4) is 0 Å². The van der Waals surface area contributed by atoms with Crippen LogP contribution in [0.5, 0.6) is 5.75 Å². The van der Waals surface area contributed by atoms with Crippen LogP contribution < -0.4 is 4.74 Å². The molecular weight excluding hydrogens is 352 g/mol. The Kier molecular flexibility index (Phi) is 8.67. The standard InChI is InChI=1S/C19H32O4SSi/c1-19(2,3)24-18(20)14-17(22-12-13-23-25(5,6)7)15-8-10-16(21-4)11-9-15/h8-11,17H,12-14H2,1-7H3/t17-/m1/s1. The lowest BCUT2D eigenvalue weighted by Gasteiger charge is -2.22. The van der Waals surface area contributed by atoms with Crippen molar-refractivity contribution >= 4 is 25.2 Å². The maximum absolute atomic E-state index is 12.4. The molecule has 1 atom stereocenters. The van der Waals surface area contributed by atoms with Gasteiger partial charge in [0.05, 0.1) is 26.4 Å². The fourth-order valence-corrected chi connectivity index (χ4v) is 3.78. The molecule has 1 aromatic rings. The average molecular weight is 385 g/mol. The number of hydrogen-bond donors (Lipinski definition) is 0. The van der Waals surface area contributed by atoms with Crippen molar-refractivity contribution in [3.05, 3.63) is 29.8 Å². The van der Waals surface area contributed by atoms with Crippen molar-refractivity contribution in [2.45, 2.75) is 57.7 Å². The molecule has 6 heteroatoms. The van der Waals surface area contributed by atoms with E-state index in [9.17, 15) is 4.79 Å². The molecule has 1 aromatic carbocycles. The summed E-state index contributed by atoms with van der Waals surface area (Å²) in [7, 11) is 0.0869. The van der Waals surface area contributed by atoms with Crippen LogP contribution in [-0.2, 0) is 14.0 Å². The van der Waals surface area contributed by atoms with Gasteiger partial charge in [-0.3, -0.25) is 4.79 Å². The zero-order chi connectivity index (χ0) is 19.1. The van der Waals surface area contributed by atoms with Crippen LogP contribution in [0.4, 0.5) is 0 Å². The molecule has 0 bridgehead atoms. The molecule has 0 aliphatic carbocycles. The van der Waals surface area contributed by atoms with Gasteiger partial charge >= 0.3 is 0 Å². The second-order valence-corrected chi connectivity index (χ2v) is 14.3. The molecular formula is C19H32O4SSi. The topological polar surface area (TPSA) is 44.8 Å². The highest BCUT2D eigenvalue weighted by Crippen LogP contribution is 2.31. The highest BCUT2D eigenvalue weighted by molar-refractivity contribution is 8.14. The molecule has 0 N–H and O–H groups in total. The highest BCUT2D eigenvalue weighted by atomic mass is 32.2. The SMILES string of the molecule is COc1ccc([C@@H](CC(=O)SC(C)(C)C)OCCO[Si](C)(C)C)cc1. The van der Waals surface area contributed by atoms with Crippen LogP contribution in [-0.4, -0.2) is 38.5 Å². The smallest absolute Gasteiger partial charge is 0.192 e. The lowest BCUT2D eigenvalue weighted by Crippen LogP contribution is -2.27. The predicted molar refractivity (Wildman–Crippen MR) is 108 cm³/mol. The van der Waals surface area contributed by atoms with E-state index < -0.39 is 8.32 Å². The minimum Gasteiger partial charge on any atom is -0.497 e. The zero-order valence-electron chi connectivity index (χ0n) is 16.5. The number of rotatable bonds is 9. The Balaban J connectivity index is 2.73. The Hall–Kier alpha value is -0.823. The first-order chi connectivity index (χ1) is 11.5.